The second kappa shape index (κ2) is 8.27. The molecule has 0 radical (unpaired) electrons. The number of amides is 1. The van der Waals surface area contributed by atoms with Crippen LogP contribution >= 0.6 is 11.8 Å². The molecule has 0 spiro atoms. The predicted molar refractivity (Wildman–Crippen MR) is 92.4 cm³/mol. The molecule has 0 aliphatic heterocycles. The third kappa shape index (κ3) is 4.92. The van der Waals surface area contributed by atoms with Gasteiger partial charge in [0.25, 0.3) is 5.91 Å². The van der Waals surface area contributed by atoms with Crippen molar-refractivity contribution in [3.05, 3.63) is 23.4 Å². The number of nitrogens with one attached hydrogen (secondary N) is 1. The zero-order valence-electron chi connectivity index (χ0n) is 13.9. The molecule has 0 fully saturated rings. The monoisotopic (exact) mass is 309 g/mol. The van der Waals surface area contributed by atoms with Gasteiger partial charge in [-0.2, -0.15) is 11.8 Å². The number of carbonyl (C=O) groups excluding carboxylic acids is 1. The summed E-state index contributed by atoms with van der Waals surface area (Å²) in [6.07, 6.45) is 3.09. The molecule has 1 amide bonds. The van der Waals surface area contributed by atoms with Crippen LogP contribution < -0.4 is 5.32 Å². The predicted octanol–water partition coefficient (Wildman–Crippen LogP) is 3.46. The van der Waals surface area contributed by atoms with Crippen molar-refractivity contribution in [2.75, 3.05) is 31.4 Å². The van der Waals surface area contributed by atoms with E-state index in [-0.39, 0.29) is 11.9 Å². The molecule has 1 atom stereocenters. The number of rotatable bonds is 7. The second-order valence-corrected chi connectivity index (χ2v) is 6.60. The Balaban J connectivity index is 2.97. The summed E-state index contributed by atoms with van der Waals surface area (Å²) in [6.45, 7) is 6.26. The van der Waals surface area contributed by atoms with Crippen molar-refractivity contribution in [3.8, 4) is 0 Å². The summed E-state index contributed by atoms with van der Waals surface area (Å²) in [5.74, 6) is 2.16. The smallest absolute Gasteiger partial charge is 0.254 e. The van der Waals surface area contributed by atoms with Crippen molar-refractivity contribution < 1.29 is 4.79 Å². The molecule has 5 heteroatoms. The van der Waals surface area contributed by atoms with E-state index >= 15 is 0 Å². The van der Waals surface area contributed by atoms with E-state index in [1.807, 2.05) is 42.9 Å². The van der Waals surface area contributed by atoms with Gasteiger partial charge >= 0.3 is 0 Å². The first kappa shape index (κ1) is 17.8. The molecule has 4 nitrogen and oxygen atoms in total. The summed E-state index contributed by atoms with van der Waals surface area (Å²) in [4.78, 5) is 19.0. The molecule has 21 heavy (non-hydrogen) atoms. The average molecular weight is 309 g/mol. The van der Waals surface area contributed by atoms with E-state index in [9.17, 15) is 4.79 Å². The van der Waals surface area contributed by atoms with Gasteiger partial charge in [0.1, 0.15) is 5.82 Å². The second-order valence-electron chi connectivity index (χ2n) is 5.62. The molecule has 0 saturated carbocycles. The van der Waals surface area contributed by atoms with Crippen molar-refractivity contribution in [3.63, 3.8) is 0 Å². The molecule has 1 N–H and O–H groups in total. The highest BCUT2D eigenvalue weighted by molar-refractivity contribution is 7.98. The first-order valence-electron chi connectivity index (χ1n) is 7.36. The van der Waals surface area contributed by atoms with Gasteiger partial charge in [-0.25, -0.2) is 4.98 Å². The van der Waals surface area contributed by atoms with Crippen molar-refractivity contribution >= 4 is 23.5 Å². The summed E-state index contributed by atoms with van der Waals surface area (Å²) < 4.78 is 0. The molecular weight excluding hydrogens is 282 g/mol. The Kier molecular flexibility index (Phi) is 7.02. The van der Waals surface area contributed by atoms with Crippen LogP contribution in [-0.4, -0.2) is 47.9 Å². The minimum absolute atomic E-state index is 0.0596. The maximum Gasteiger partial charge on any atom is 0.254 e. The Morgan fingerprint density at radius 2 is 2.05 bits per heavy atom. The Hall–Kier alpha value is -1.23. The zero-order chi connectivity index (χ0) is 16.0. The fourth-order valence-electron chi connectivity index (χ4n) is 1.99. The SMILES string of the molecule is CNc1cc(C(=O)N(C)C(C)CCSC)cc(C(C)C)n1. The van der Waals surface area contributed by atoms with Crippen LogP contribution in [0.15, 0.2) is 12.1 Å². The van der Waals surface area contributed by atoms with Crippen LogP contribution in [0.5, 0.6) is 0 Å². The van der Waals surface area contributed by atoms with E-state index in [0.717, 1.165) is 23.7 Å². The fraction of sp³-hybridized carbons (Fsp3) is 0.625. The third-order valence-electron chi connectivity index (χ3n) is 3.66. The van der Waals surface area contributed by atoms with Crippen molar-refractivity contribution in [1.29, 1.82) is 0 Å². The molecule has 0 bridgehead atoms. The van der Waals surface area contributed by atoms with Crippen molar-refractivity contribution in [1.82, 2.24) is 9.88 Å². The molecule has 1 aromatic rings. The number of thioether (sulfide) groups is 1. The molecule has 1 rings (SSSR count). The normalized spacial score (nSPS) is 12.3. The summed E-state index contributed by atoms with van der Waals surface area (Å²) in [7, 11) is 3.70. The number of nitrogens with zero attached hydrogens (tertiary/aromatic N) is 2. The largest absolute Gasteiger partial charge is 0.373 e. The average Bonchev–Trinajstić information content (AvgIpc) is 2.50. The standard InChI is InChI=1S/C16H27N3OS/c1-11(2)14-9-13(10-15(17-4)18-14)16(20)19(5)12(3)7-8-21-6/h9-12H,7-8H2,1-6H3,(H,17,18). The van der Waals surface area contributed by atoms with Crippen LogP contribution in [0.1, 0.15) is 49.2 Å². The van der Waals surface area contributed by atoms with Crippen LogP contribution in [0.3, 0.4) is 0 Å². The lowest BCUT2D eigenvalue weighted by atomic mass is 10.1. The number of carbonyl (C=O) groups is 1. The Bertz CT molecular complexity index is 477. The Labute approximate surface area is 132 Å². The molecule has 1 heterocycles. The third-order valence-corrected chi connectivity index (χ3v) is 4.30. The van der Waals surface area contributed by atoms with Gasteiger partial charge < -0.3 is 10.2 Å². The van der Waals surface area contributed by atoms with Gasteiger partial charge in [-0.05, 0) is 43.4 Å². The maximum atomic E-state index is 12.7. The van der Waals surface area contributed by atoms with E-state index in [1.165, 1.54) is 0 Å². The lowest BCUT2D eigenvalue weighted by Crippen LogP contribution is -2.35. The highest BCUT2D eigenvalue weighted by Crippen LogP contribution is 2.19. The van der Waals surface area contributed by atoms with Gasteiger partial charge in [-0.15, -0.1) is 0 Å². The van der Waals surface area contributed by atoms with E-state index < -0.39 is 0 Å². The Morgan fingerprint density at radius 3 is 2.57 bits per heavy atom. The van der Waals surface area contributed by atoms with Gasteiger partial charge in [0.2, 0.25) is 0 Å². The van der Waals surface area contributed by atoms with Crippen LogP contribution in [0.2, 0.25) is 0 Å². The van der Waals surface area contributed by atoms with E-state index in [0.29, 0.717) is 11.5 Å². The minimum Gasteiger partial charge on any atom is -0.373 e. The van der Waals surface area contributed by atoms with Gasteiger partial charge in [0.05, 0.1) is 0 Å². The molecular formula is C16H27N3OS. The summed E-state index contributed by atoms with van der Waals surface area (Å²) >= 11 is 1.81. The molecule has 0 saturated heterocycles. The molecule has 1 unspecified atom stereocenters. The summed E-state index contributed by atoms with van der Waals surface area (Å²) in [5, 5.41) is 3.03. The van der Waals surface area contributed by atoms with Crippen LogP contribution in [0, 0.1) is 0 Å². The number of pyridine rings is 1. The zero-order valence-corrected chi connectivity index (χ0v) is 14.8. The summed E-state index contributed by atoms with van der Waals surface area (Å²) in [5.41, 5.74) is 1.65. The van der Waals surface area contributed by atoms with Crippen molar-refractivity contribution in [2.24, 2.45) is 0 Å². The van der Waals surface area contributed by atoms with Gasteiger partial charge in [0, 0.05) is 31.4 Å². The van der Waals surface area contributed by atoms with Crippen LogP contribution in [-0.2, 0) is 0 Å². The maximum absolute atomic E-state index is 12.7. The molecule has 1 aromatic heterocycles. The number of hydrogen-bond donors (Lipinski definition) is 1. The van der Waals surface area contributed by atoms with Crippen molar-refractivity contribution in [2.45, 2.75) is 39.2 Å². The number of anilines is 1. The van der Waals surface area contributed by atoms with E-state index in [2.05, 4.69) is 37.3 Å². The van der Waals surface area contributed by atoms with Gasteiger partial charge in [-0.1, -0.05) is 13.8 Å². The molecule has 118 valence electrons. The van der Waals surface area contributed by atoms with E-state index in [4.69, 9.17) is 0 Å². The minimum atomic E-state index is 0.0596. The van der Waals surface area contributed by atoms with Gasteiger partial charge in [-0.3, -0.25) is 4.79 Å². The lowest BCUT2D eigenvalue weighted by molar-refractivity contribution is 0.0741. The van der Waals surface area contributed by atoms with Crippen LogP contribution in [0.4, 0.5) is 5.82 Å². The number of aromatic nitrogens is 1. The lowest BCUT2D eigenvalue weighted by Gasteiger charge is -2.25. The quantitative estimate of drug-likeness (QED) is 0.838. The topological polar surface area (TPSA) is 45.2 Å². The highest BCUT2D eigenvalue weighted by Gasteiger charge is 2.19. The van der Waals surface area contributed by atoms with E-state index in [1.54, 1.807) is 0 Å². The highest BCUT2D eigenvalue weighted by atomic mass is 32.2. The first-order chi connectivity index (χ1) is 9.90. The Morgan fingerprint density at radius 1 is 1.38 bits per heavy atom. The first-order valence-corrected chi connectivity index (χ1v) is 8.75. The van der Waals surface area contributed by atoms with Gasteiger partial charge in [0.15, 0.2) is 0 Å². The fourth-order valence-corrected chi connectivity index (χ4v) is 2.56. The summed E-state index contributed by atoms with van der Waals surface area (Å²) in [6, 6.07) is 3.97. The van der Waals surface area contributed by atoms with Crippen LogP contribution in [0.25, 0.3) is 0 Å². The molecule has 0 aromatic carbocycles. The molecule has 0 aliphatic rings. The number of hydrogen-bond acceptors (Lipinski definition) is 4. The molecule has 0 aliphatic carbocycles.